The fraction of sp³-hybridized carbons (Fsp3) is 0.263. The molecular weight excluding hydrogens is 502 g/mol. The topological polar surface area (TPSA) is 158 Å². The minimum Gasteiger partial charge on any atom is -0.543 e. The monoisotopic (exact) mass is 519 g/mol. The summed E-state index contributed by atoms with van der Waals surface area (Å²) in [4.78, 5) is 48.7. The zero-order valence-corrected chi connectivity index (χ0v) is 20.0. The number of hydrogen-bond acceptors (Lipinski definition) is 11. The van der Waals surface area contributed by atoms with Crippen LogP contribution in [0.5, 0.6) is 0 Å². The Bertz CT molecular complexity index is 1370. The number of rotatable bonds is 7. The van der Waals surface area contributed by atoms with Gasteiger partial charge in [-0.1, -0.05) is 16.5 Å². The number of nitrogens with two attached hydrogens (primary N) is 1. The summed E-state index contributed by atoms with van der Waals surface area (Å²) in [5, 5.41) is 21.5. The van der Waals surface area contributed by atoms with Crippen molar-refractivity contribution in [3.63, 3.8) is 0 Å². The van der Waals surface area contributed by atoms with Crippen LogP contribution in [-0.2, 0) is 25.8 Å². The van der Waals surface area contributed by atoms with Gasteiger partial charge in [-0.25, -0.2) is 9.55 Å². The number of anilines is 1. The van der Waals surface area contributed by atoms with Gasteiger partial charge in [-0.3, -0.25) is 14.5 Å². The fourth-order valence-electron chi connectivity index (χ4n) is 3.85. The first-order chi connectivity index (χ1) is 16.4. The number of carboxylic acid groups (broad SMARTS) is 1. The third kappa shape index (κ3) is 3.70. The summed E-state index contributed by atoms with van der Waals surface area (Å²) in [6.45, 7) is 0.302. The smallest absolute Gasteiger partial charge is 0.345 e. The van der Waals surface area contributed by atoms with Gasteiger partial charge in [-0.15, -0.1) is 23.1 Å². The van der Waals surface area contributed by atoms with Crippen LogP contribution in [0.25, 0.3) is 4.96 Å². The number of imidazole rings is 1. The summed E-state index contributed by atoms with van der Waals surface area (Å²) in [7, 11) is 1.28. The lowest BCUT2D eigenvalue weighted by Gasteiger charge is -2.50. The normalized spacial score (nSPS) is 20.3. The third-order valence-corrected chi connectivity index (χ3v) is 8.25. The Hall–Kier alpha value is -3.43. The molecule has 0 unspecified atom stereocenters. The van der Waals surface area contributed by atoms with E-state index < -0.39 is 29.2 Å². The van der Waals surface area contributed by atoms with Gasteiger partial charge >= 0.3 is 4.96 Å². The lowest BCUT2D eigenvalue weighted by atomic mass is 10.0. The zero-order valence-electron chi connectivity index (χ0n) is 17.5. The molecule has 15 heteroatoms. The predicted molar refractivity (Wildman–Crippen MR) is 123 cm³/mol. The molecule has 2 atom stereocenters. The molecule has 3 aromatic rings. The molecule has 0 radical (unpaired) electrons. The Morgan fingerprint density at radius 2 is 2.24 bits per heavy atom. The number of carboxylic acids is 1. The van der Waals surface area contributed by atoms with Crippen LogP contribution in [0.3, 0.4) is 0 Å². The van der Waals surface area contributed by atoms with Crippen LogP contribution >= 0.6 is 34.4 Å². The van der Waals surface area contributed by atoms with Crippen molar-refractivity contribution in [2.24, 2.45) is 5.16 Å². The number of aromatic nitrogens is 3. The summed E-state index contributed by atoms with van der Waals surface area (Å²) >= 11 is 4.02. The number of thiazole rings is 2. The summed E-state index contributed by atoms with van der Waals surface area (Å²) in [5.41, 5.74) is 6.12. The van der Waals surface area contributed by atoms with Gasteiger partial charge in [0.2, 0.25) is 0 Å². The molecule has 0 aliphatic carbocycles. The number of nitrogens with zero attached hydrogens (tertiary/aromatic N) is 5. The van der Waals surface area contributed by atoms with Gasteiger partial charge in [0, 0.05) is 22.1 Å². The first-order valence-corrected chi connectivity index (χ1v) is 12.6. The van der Waals surface area contributed by atoms with E-state index in [1.54, 1.807) is 5.38 Å². The fourth-order valence-corrected chi connectivity index (χ4v) is 6.55. The van der Waals surface area contributed by atoms with Crippen molar-refractivity contribution < 1.29 is 28.9 Å². The van der Waals surface area contributed by atoms with Crippen LogP contribution in [0, 0.1) is 0 Å². The molecule has 0 aromatic carbocycles. The molecule has 1 fully saturated rings. The van der Waals surface area contributed by atoms with Gasteiger partial charge in [0.1, 0.15) is 49.4 Å². The maximum atomic E-state index is 12.9. The van der Waals surface area contributed by atoms with E-state index in [4.69, 9.17) is 10.6 Å². The van der Waals surface area contributed by atoms with Crippen LogP contribution in [-0.4, -0.2) is 62.1 Å². The highest BCUT2D eigenvalue weighted by Crippen LogP contribution is 2.40. The van der Waals surface area contributed by atoms with Crippen LogP contribution in [0.2, 0.25) is 0 Å². The molecule has 5 rings (SSSR count). The molecule has 0 bridgehead atoms. The molecule has 3 N–H and O–H groups in total. The number of carbonyl (C=O) groups is 3. The van der Waals surface area contributed by atoms with Crippen molar-refractivity contribution >= 4 is 68.0 Å². The SMILES string of the molecule is CO/N=C(\C(=O)N[C@@H]1C(=O)N2C(C(=O)[O-])=C(C[n+]3ccn4ccsc43)CS[C@@H]12)c1csc(N)n1. The average molecular weight is 520 g/mol. The number of thioether (sulfide) groups is 1. The van der Waals surface area contributed by atoms with Gasteiger partial charge in [0.05, 0.1) is 11.7 Å². The van der Waals surface area contributed by atoms with Crippen molar-refractivity contribution in [2.75, 3.05) is 18.6 Å². The number of nitrogen functional groups attached to an aromatic ring is 1. The average Bonchev–Trinajstić information content (AvgIpc) is 3.54. The number of amides is 2. The second-order valence-corrected chi connectivity index (χ2v) is 10.2. The van der Waals surface area contributed by atoms with E-state index in [1.165, 1.54) is 35.1 Å². The predicted octanol–water partition coefficient (Wildman–Crippen LogP) is -1.22. The number of aliphatic carboxylic acids is 1. The summed E-state index contributed by atoms with van der Waals surface area (Å²) < 4.78 is 3.85. The number of oxime groups is 1. The molecule has 0 saturated carbocycles. The molecular formula is C19H17N7O5S3. The first kappa shape index (κ1) is 22.4. The Kier molecular flexibility index (Phi) is 5.75. The summed E-state index contributed by atoms with van der Waals surface area (Å²) in [5.74, 6) is -2.29. The Morgan fingerprint density at radius 1 is 1.41 bits per heavy atom. The zero-order chi connectivity index (χ0) is 24.0. The lowest BCUT2D eigenvalue weighted by Crippen LogP contribution is -2.71. The minimum atomic E-state index is -1.43. The molecule has 2 aliphatic rings. The second kappa shape index (κ2) is 8.73. The molecule has 0 spiro atoms. The molecule has 34 heavy (non-hydrogen) atoms. The largest absolute Gasteiger partial charge is 0.543 e. The van der Waals surface area contributed by atoms with E-state index in [0.29, 0.717) is 17.9 Å². The number of carbonyl (C=O) groups excluding carboxylic acids is 3. The van der Waals surface area contributed by atoms with E-state index in [9.17, 15) is 19.5 Å². The molecule has 1 saturated heterocycles. The molecule has 12 nitrogen and oxygen atoms in total. The van der Waals surface area contributed by atoms with Crippen molar-refractivity contribution in [2.45, 2.75) is 18.0 Å². The van der Waals surface area contributed by atoms with Gasteiger partial charge in [-0.2, -0.15) is 4.40 Å². The first-order valence-electron chi connectivity index (χ1n) is 9.84. The van der Waals surface area contributed by atoms with Gasteiger partial charge in [0.15, 0.2) is 10.8 Å². The molecule has 2 amide bonds. The van der Waals surface area contributed by atoms with E-state index in [2.05, 4.69) is 15.5 Å². The van der Waals surface area contributed by atoms with Crippen molar-refractivity contribution in [3.8, 4) is 0 Å². The Morgan fingerprint density at radius 3 is 2.94 bits per heavy atom. The van der Waals surface area contributed by atoms with Gasteiger partial charge in [-0.05, 0) is 0 Å². The van der Waals surface area contributed by atoms with E-state index in [-0.39, 0.29) is 22.2 Å². The van der Waals surface area contributed by atoms with E-state index >= 15 is 0 Å². The Balaban J connectivity index is 1.36. The maximum absolute atomic E-state index is 12.9. The van der Waals surface area contributed by atoms with Crippen LogP contribution in [0.4, 0.5) is 5.13 Å². The number of β-lactam (4-membered cyclic amide) rings is 1. The molecule has 2 aliphatic heterocycles. The minimum absolute atomic E-state index is 0.135. The lowest BCUT2D eigenvalue weighted by molar-refractivity contribution is -0.660. The highest BCUT2D eigenvalue weighted by molar-refractivity contribution is 8.00. The summed E-state index contributed by atoms with van der Waals surface area (Å²) in [6, 6.07) is -0.933. The summed E-state index contributed by atoms with van der Waals surface area (Å²) in [6.07, 6.45) is 5.63. The molecule has 3 aromatic heterocycles. The van der Waals surface area contributed by atoms with Crippen molar-refractivity contribution in [3.05, 3.63) is 46.3 Å². The molecule has 5 heterocycles. The Labute approximate surface area is 204 Å². The van der Waals surface area contributed by atoms with Crippen LogP contribution in [0.15, 0.2) is 45.8 Å². The van der Waals surface area contributed by atoms with Gasteiger partial charge in [0.25, 0.3) is 11.8 Å². The van der Waals surface area contributed by atoms with Crippen LogP contribution in [0.1, 0.15) is 5.69 Å². The highest BCUT2D eigenvalue weighted by Gasteiger charge is 2.53. The van der Waals surface area contributed by atoms with Crippen molar-refractivity contribution in [1.29, 1.82) is 0 Å². The second-order valence-electron chi connectivity index (χ2n) is 7.31. The van der Waals surface area contributed by atoms with Crippen molar-refractivity contribution in [1.82, 2.24) is 19.6 Å². The standard InChI is InChI=1S/C19H17N7O5S3/c1-31-23-11(10-8-34-18(20)21-10)14(27)22-12-15(28)26-13(17(29)30)9(7-33-16(12)26)6-25-3-2-24-4-5-32-19(24)25/h2-5,8,12,16H,6-7H2,1H3,(H3-,20,21,22,27,29,30)/b23-11-/t12-,16+/m1/s1. The van der Waals surface area contributed by atoms with E-state index in [1.807, 2.05) is 32.9 Å². The highest BCUT2D eigenvalue weighted by atomic mass is 32.2. The number of nitrogens with one attached hydrogen (secondary N) is 1. The molecule has 176 valence electrons. The number of hydrogen-bond donors (Lipinski definition) is 2. The maximum Gasteiger partial charge on any atom is 0.345 e. The van der Waals surface area contributed by atoms with Crippen LogP contribution < -0.4 is 20.7 Å². The van der Waals surface area contributed by atoms with E-state index in [0.717, 1.165) is 16.3 Å². The van der Waals surface area contributed by atoms with Gasteiger partial charge < -0.3 is 25.8 Å². The third-order valence-electron chi connectivity index (χ3n) is 5.32. The number of fused-ring (bicyclic) bond motifs is 2. The quantitative estimate of drug-likeness (QED) is 0.170.